The van der Waals surface area contributed by atoms with E-state index in [9.17, 15) is 14.0 Å². The van der Waals surface area contributed by atoms with Crippen molar-refractivity contribution in [3.05, 3.63) is 35.6 Å². The van der Waals surface area contributed by atoms with Crippen molar-refractivity contribution < 1.29 is 19.1 Å². The lowest BCUT2D eigenvalue weighted by molar-refractivity contribution is -0.137. The Balaban J connectivity index is 2.08. The Morgan fingerprint density at radius 2 is 1.95 bits per heavy atom. The van der Waals surface area contributed by atoms with Gasteiger partial charge in [-0.3, -0.25) is 9.59 Å². The van der Waals surface area contributed by atoms with E-state index in [1.54, 1.807) is 4.90 Å². The molecule has 0 aromatic heterocycles. The van der Waals surface area contributed by atoms with Gasteiger partial charge in [-0.25, -0.2) is 4.39 Å². The summed E-state index contributed by atoms with van der Waals surface area (Å²) in [6.45, 7) is 0.639. The molecule has 1 amide bonds. The topological polar surface area (TPSA) is 57.6 Å². The molecule has 108 valence electrons. The van der Waals surface area contributed by atoms with Crippen molar-refractivity contribution >= 4 is 11.9 Å². The van der Waals surface area contributed by atoms with Crippen molar-refractivity contribution in [2.75, 3.05) is 6.54 Å². The van der Waals surface area contributed by atoms with Gasteiger partial charge in [-0.2, -0.15) is 0 Å². The van der Waals surface area contributed by atoms with Crippen LogP contribution in [0.3, 0.4) is 0 Å². The van der Waals surface area contributed by atoms with E-state index in [1.807, 2.05) is 0 Å². The molecule has 0 bridgehead atoms. The van der Waals surface area contributed by atoms with Gasteiger partial charge < -0.3 is 10.0 Å². The first-order chi connectivity index (χ1) is 9.58. The molecular weight excluding hydrogens is 261 g/mol. The summed E-state index contributed by atoms with van der Waals surface area (Å²) in [6.07, 6.45) is 3.31. The molecule has 1 aromatic carbocycles. The summed E-state index contributed by atoms with van der Waals surface area (Å²) in [4.78, 5) is 24.8. The Labute approximate surface area is 117 Å². The normalized spacial score (nSPS) is 18.9. The van der Waals surface area contributed by atoms with Gasteiger partial charge in [0.25, 0.3) is 5.91 Å². The second-order valence-corrected chi connectivity index (χ2v) is 5.09. The molecule has 1 saturated heterocycles. The number of aliphatic carboxylic acids is 1. The number of nitrogens with zero attached hydrogens (tertiary/aromatic N) is 1. The van der Waals surface area contributed by atoms with Crippen molar-refractivity contribution in [3.8, 4) is 0 Å². The van der Waals surface area contributed by atoms with Crippen LogP contribution < -0.4 is 0 Å². The summed E-state index contributed by atoms with van der Waals surface area (Å²) >= 11 is 0. The molecule has 1 heterocycles. The van der Waals surface area contributed by atoms with Crippen LogP contribution in [0.4, 0.5) is 4.39 Å². The summed E-state index contributed by atoms with van der Waals surface area (Å²) in [5.74, 6) is -1.35. The number of rotatable bonds is 4. The lowest BCUT2D eigenvalue weighted by Gasteiger charge is -2.35. The third-order valence-electron chi connectivity index (χ3n) is 3.67. The third kappa shape index (κ3) is 3.56. The minimum Gasteiger partial charge on any atom is -0.481 e. The molecule has 0 aliphatic carbocycles. The van der Waals surface area contributed by atoms with Crippen LogP contribution in [0.1, 0.15) is 42.5 Å². The molecule has 0 radical (unpaired) electrons. The molecule has 1 aromatic rings. The van der Waals surface area contributed by atoms with Crippen molar-refractivity contribution in [1.29, 1.82) is 0 Å². The highest BCUT2D eigenvalue weighted by atomic mass is 19.1. The summed E-state index contributed by atoms with van der Waals surface area (Å²) in [5.41, 5.74) is 0.452. The molecule has 1 atom stereocenters. The number of halogens is 1. The highest BCUT2D eigenvalue weighted by molar-refractivity contribution is 5.94. The lowest BCUT2D eigenvalue weighted by atomic mass is 9.97. The molecule has 2 rings (SSSR count). The van der Waals surface area contributed by atoms with Crippen LogP contribution in [0.15, 0.2) is 24.3 Å². The van der Waals surface area contributed by atoms with Crippen molar-refractivity contribution in [2.45, 2.75) is 38.1 Å². The van der Waals surface area contributed by atoms with E-state index in [2.05, 4.69) is 0 Å². The van der Waals surface area contributed by atoms with E-state index in [1.165, 1.54) is 24.3 Å². The monoisotopic (exact) mass is 279 g/mol. The van der Waals surface area contributed by atoms with Gasteiger partial charge in [-0.05, 0) is 49.9 Å². The zero-order valence-electron chi connectivity index (χ0n) is 11.2. The van der Waals surface area contributed by atoms with Crippen LogP contribution >= 0.6 is 0 Å². The zero-order chi connectivity index (χ0) is 14.5. The Hall–Kier alpha value is -1.91. The van der Waals surface area contributed by atoms with Gasteiger partial charge in [-0.15, -0.1) is 0 Å². The smallest absolute Gasteiger partial charge is 0.303 e. The average Bonchev–Trinajstić information content (AvgIpc) is 2.45. The predicted molar refractivity (Wildman–Crippen MR) is 71.9 cm³/mol. The number of hydrogen-bond acceptors (Lipinski definition) is 2. The number of amides is 1. The van der Waals surface area contributed by atoms with E-state index < -0.39 is 5.97 Å². The summed E-state index contributed by atoms with van der Waals surface area (Å²) in [7, 11) is 0. The number of likely N-dealkylation sites (tertiary alicyclic amines) is 1. The quantitative estimate of drug-likeness (QED) is 0.922. The molecule has 0 spiro atoms. The van der Waals surface area contributed by atoms with E-state index in [4.69, 9.17) is 5.11 Å². The van der Waals surface area contributed by atoms with Gasteiger partial charge in [0.2, 0.25) is 0 Å². The van der Waals surface area contributed by atoms with Gasteiger partial charge in [0.05, 0.1) is 0 Å². The SMILES string of the molecule is O=C(O)CC[C@H]1CCCCN1C(=O)c1ccc(F)cc1. The molecular formula is C15H18FNO3. The first-order valence-corrected chi connectivity index (χ1v) is 6.86. The van der Waals surface area contributed by atoms with Crippen molar-refractivity contribution in [2.24, 2.45) is 0 Å². The van der Waals surface area contributed by atoms with Gasteiger partial charge >= 0.3 is 5.97 Å². The summed E-state index contributed by atoms with van der Waals surface area (Å²) < 4.78 is 12.9. The van der Waals surface area contributed by atoms with Crippen LogP contribution in [-0.4, -0.2) is 34.5 Å². The predicted octanol–water partition coefficient (Wildman–Crippen LogP) is 2.69. The van der Waals surface area contributed by atoms with Crippen LogP contribution in [0, 0.1) is 5.82 Å². The molecule has 0 unspecified atom stereocenters. The van der Waals surface area contributed by atoms with Crippen LogP contribution in [-0.2, 0) is 4.79 Å². The summed E-state index contributed by atoms with van der Waals surface area (Å²) in [5, 5.41) is 8.77. The van der Waals surface area contributed by atoms with Gasteiger partial charge in [0.1, 0.15) is 5.82 Å². The van der Waals surface area contributed by atoms with Gasteiger partial charge in [0, 0.05) is 24.6 Å². The van der Waals surface area contributed by atoms with E-state index >= 15 is 0 Å². The maximum atomic E-state index is 12.9. The number of piperidine rings is 1. The zero-order valence-corrected chi connectivity index (χ0v) is 11.2. The van der Waals surface area contributed by atoms with Crippen molar-refractivity contribution in [3.63, 3.8) is 0 Å². The molecule has 0 saturated carbocycles. The lowest BCUT2D eigenvalue weighted by Crippen LogP contribution is -2.43. The van der Waals surface area contributed by atoms with Gasteiger partial charge in [0.15, 0.2) is 0 Å². The van der Waals surface area contributed by atoms with E-state index in [0.717, 1.165) is 19.3 Å². The minimum atomic E-state index is -0.843. The molecule has 1 N–H and O–H groups in total. The first-order valence-electron chi connectivity index (χ1n) is 6.86. The second-order valence-electron chi connectivity index (χ2n) is 5.09. The van der Waals surface area contributed by atoms with E-state index in [-0.39, 0.29) is 24.2 Å². The highest BCUT2D eigenvalue weighted by Gasteiger charge is 2.27. The van der Waals surface area contributed by atoms with E-state index in [0.29, 0.717) is 18.5 Å². The maximum absolute atomic E-state index is 12.9. The van der Waals surface area contributed by atoms with Crippen molar-refractivity contribution in [1.82, 2.24) is 4.90 Å². The first kappa shape index (κ1) is 14.5. The number of hydrogen-bond donors (Lipinski definition) is 1. The number of carboxylic acids is 1. The fourth-order valence-corrected chi connectivity index (χ4v) is 2.62. The highest BCUT2D eigenvalue weighted by Crippen LogP contribution is 2.23. The maximum Gasteiger partial charge on any atom is 0.303 e. The molecule has 5 heteroatoms. The molecule has 1 fully saturated rings. The largest absolute Gasteiger partial charge is 0.481 e. The number of carboxylic acid groups (broad SMARTS) is 1. The second kappa shape index (κ2) is 6.50. The fraction of sp³-hybridized carbons (Fsp3) is 0.467. The fourth-order valence-electron chi connectivity index (χ4n) is 2.62. The van der Waals surface area contributed by atoms with Crippen LogP contribution in [0.5, 0.6) is 0 Å². The van der Waals surface area contributed by atoms with Gasteiger partial charge in [-0.1, -0.05) is 0 Å². The minimum absolute atomic E-state index is 0.0302. The Bertz CT molecular complexity index is 486. The van der Waals surface area contributed by atoms with Crippen LogP contribution in [0.25, 0.3) is 0 Å². The summed E-state index contributed by atoms with van der Waals surface area (Å²) in [6, 6.07) is 5.45. The number of carbonyl (C=O) groups excluding carboxylic acids is 1. The average molecular weight is 279 g/mol. The Kier molecular flexibility index (Phi) is 4.71. The molecule has 1 aliphatic heterocycles. The molecule has 20 heavy (non-hydrogen) atoms. The van der Waals surface area contributed by atoms with Crippen LogP contribution in [0.2, 0.25) is 0 Å². The third-order valence-corrected chi connectivity index (χ3v) is 3.67. The Morgan fingerprint density at radius 1 is 1.25 bits per heavy atom. The molecule has 4 nitrogen and oxygen atoms in total. The molecule has 1 aliphatic rings. The number of benzene rings is 1. The standard InChI is InChI=1S/C15H18FNO3/c16-12-6-4-11(5-7-12)15(20)17-10-2-1-3-13(17)8-9-14(18)19/h4-7,13H,1-3,8-10H2,(H,18,19)/t13-/m1/s1. The Morgan fingerprint density at radius 3 is 2.60 bits per heavy atom. The number of carbonyl (C=O) groups is 2.